The van der Waals surface area contributed by atoms with Crippen LogP contribution in [-0.4, -0.2) is 24.9 Å². The van der Waals surface area contributed by atoms with Crippen LogP contribution in [0.3, 0.4) is 0 Å². The smallest absolute Gasteiger partial charge is 0.292 e. The van der Waals surface area contributed by atoms with Crippen LogP contribution in [0.15, 0.2) is 53.3 Å². The number of carbonyl (C=O) groups excluding carboxylic acids is 1. The summed E-state index contributed by atoms with van der Waals surface area (Å²) < 4.78 is 2.75. The minimum Gasteiger partial charge on any atom is -0.292 e. The molecular weight excluding hydrogens is 376 g/mol. The van der Waals surface area contributed by atoms with E-state index in [0.29, 0.717) is 34.0 Å². The maximum atomic E-state index is 13.1. The Hall–Kier alpha value is -2.99. The van der Waals surface area contributed by atoms with Crippen molar-refractivity contribution < 1.29 is 4.79 Å². The van der Waals surface area contributed by atoms with E-state index in [4.69, 9.17) is 11.6 Å². The fraction of sp³-hybridized carbons (Fsp3) is 0.238. The average Bonchev–Trinajstić information content (AvgIpc) is 3.14. The lowest BCUT2D eigenvalue weighted by Crippen LogP contribution is -2.30. The highest BCUT2D eigenvalue weighted by atomic mass is 35.5. The SMILES string of the molecule is CCCCc1nc2c3ccccc3n(CC(=O)c3cccc(Cl)c3)c(=O)n2n1. The maximum Gasteiger partial charge on any atom is 0.351 e. The van der Waals surface area contributed by atoms with Gasteiger partial charge in [-0.25, -0.2) is 9.78 Å². The van der Waals surface area contributed by atoms with E-state index in [-0.39, 0.29) is 18.0 Å². The number of aromatic nitrogens is 4. The fourth-order valence-corrected chi connectivity index (χ4v) is 3.46. The number of aryl methyl sites for hydroxylation is 1. The van der Waals surface area contributed by atoms with Gasteiger partial charge in [-0.1, -0.05) is 49.2 Å². The Balaban J connectivity index is 1.86. The predicted octanol–water partition coefficient (Wildman–Crippen LogP) is 3.92. The van der Waals surface area contributed by atoms with E-state index in [2.05, 4.69) is 17.0 Å². The van der Waals surface area contributed by atoms with Crippen LogP contribution >= 0.6 is 11.6 Å². The van der Waals surface area contributed by atoms with Crippen molar-refractivity contribution >= 4 is 33.9 Å². The number of fused-ring (bicyclic) bond motifs is 3. The van der Waals surface area contributed by atoms with Crippen LogP contribution < -0.4 is 5.69 Å². The normalized spacial score (nSPS) is 11.4. The second-order valence-electron chi connectivity index (χ2n) is 6.69. The molecule has 0 saturated carbocycles. The average molecular weight is 395 g/mol. The molecule has 0 atom stereocenters. The second-order valence-corrected chi connectivity index (χ2v) is 7.12. The van der Waals surface area contributed by atoms with Gasteiger partial charge in [-0.2, -0.15) is 4.52 Å². The molecule has 28 heavy (non-hydrogen) atoms. The first-order valence-corrected chi connectivity index (χ1v) is 9.62. The van der Waals surface area contributed by atoms with E-state index in [9.17, 15) is 9.59 Å². The fourth-order valence-electron chi connectivity index (χ4n) is 3.27. The van der Waals surface area contributed by atoms with E-state index in [1.165, 1.54) is 9.08 Å². The number of hydrogen-bond acceptors (Lipinski definition) is 4. The molecule has 0 fully saturated rings. The molecule has 0 spiro atoms. The first-order valence-electron chi connectivity index (χ1n) is 9.24. The highest BCUT2D eigenvalue weighted by molar-refractivity contribution is 6.31. The number of carbonyl (C=O) groups is 1. The molecule has 0 aliphatic carbocycles. The summed E-state index contributed by atoms with van der Waals surface area (Å²) in [6.45, 7) is 2.00. The third-order valence-electron chi connectivity index (χ3n) is 4.70. The van der Waals surface area contributed by atoms with Gasteiger partial charge in [0.1, 0.15) is 0 Å². The topological polar surface area (TPSA) is 69.3 Å². The van der Waals surface area contributed by atoms with Crippen LogP contribution in [-0.2, 0) is 13.0 Å². The Kier molecular flexibility index (Phi) is 4.96. The van der Waals surface area contributed by atoms with E-state index >= 15 is 0 Å². The Bertz CT molecular complexity index is 1240. The van der Waals surface area contributed by atoms with Gasteiger partial charge in [0, 0.05) is 22.4 Å². The Morgan fingerprint density at radius 2 is 1.96 bits per heavy atom. The zero-order valence-electron chi connectivity index (χ0n) is 15.4. The van der Waals surface area contributed by atoms with Crippen molar-refractivity contribution in [2.24, 2.45) is 0 Å². The van der Waals surface area contributed by atoms with Crippen molar-refractivity contribution in [2.45, 2.75) is 32.7 Å². The number of Topliss-reactive ketones (excluding diaryl/α,β-unsaturated/α-hetero) is 1. The van der Waals surface area contributed by atoms with Crippen LogP contribution in [0.1, 0.15) is 35.9 Å². The van der Waals surface area contributed by atoms with Gasteiger partial charge < -0.3 is 0 Å². The van der Waals surface area contributed by atoms with Gasteiger partial charge in [0.15, 0.2) is 17.3 Å². The van der Waals surface area contributed by atoms with E-state index < -0.39 is 0 Å². The molecule has 0 aliphatic heterocycles. The molecule has 0 amide bonds. The predicted molar refractivity (Wildman–Crippen MR) is 109 cm³/mol. The third kappa shape index (κ3) is 3.31. The van der Waals surface area contributed by atoms with Gasteiger partial charge in [-0.3, -0.25) is 9.36 Å². The lowest BCUT2D eigenvalue weighted by atomic mass is 10.1. The number of rotatable bonds is 6. The summed E-state index contributed by atoms with van der Waals surface area (Å²) in [5.41, 5.74) is 1.27. The molecule has 0 aliphatic rings. The number of nitrogens with zero attached hydrogens (tertiary/aromatic N) is 4. The van der Waals surface area contributed by atoms with Gasteiger partial charge in [0.25, 0.3) is 0 Å². The molecule has 0 saturated heterocycles. The number of hydrogen-bond donors (Lipinski definition) is 0. The van der Waals surface area contributed by atoms with E-state index in [0.717, 1.165) is 18.2 Å². The molecule has 4 rings (SSSR count). The summed E-state index contributed by atoms with van der Waals surface area (Å²) in [4.78, 5) is 30.5. The number of benzene rings is 2. The van der Waals surface area contributed by atoms with Gasteiger partial charge in [0.05, 0.1) is 12.1 Å². The van der Waals surface area contributed by atoms with Crippen molar-refractivity contribution in [2.75, 3.05) is 0 Å². The summed E-state index contributed by atoms with van der Waals surface area (Å²) in [6.07, 6.45) is 2.69. The molecule has 2 aromatic heterocycles. The van der Waals surface area contributed by atoms with Crippen LogP contribution in [0.5, 0.6) is 0 Å². The Morgan fingerprint density at radius 1 is 1.14 bits per heavy atom. The zero-order chi connectivity index (χ0) is 19.7. The summed E-state index contributed by atoms with van der Waals surface area (Å²) in [5, 5.41) is 5.66. The molecule has 2 heterocycles. The highest BCUT2D eigenvalue weighted by Gasteiger charge is 2.17. The molecule has 6 nitrogen and oxygen atoms in total. The molecular formula is C21H19ClN4O2. The zero-order valence-corrected chi connectivity index (χ0v) is 16.2. The number of ketones is 1. The second kappa shape index (κ2) is 7.56. The minimum atomic E-state index is -0.376. The summed E-state index contributed by atoms with van der Waals surface area (Å²) in [6, 6.07) is 14.2. The Labute approximate surface area is 166 Å². The lowest BCUT2D eigenvalue weighted by Gasteiger charge is -2.10. The Morgan fingerprint density at radius 3 is 2.75 bits per heavy atom. The van der Waals surface area contributed by atoms with Gasteiger partial charge in [0.2, 0.25) is 0 Å². The van der Waals surface area contributed by atoms with Crippen LogP contribution in [0.25, 0.3) is 16.6 Å². The monoisotopic (exact) mass is 394 g/mol. The first-order chi connectivity index (χ1) is 13.6. The number of halogens is 1. The lowest BCUT2D eigenvalue weighted by molar-refractivity contribution is 0.0971. The van der Waals surface area contributed by atoms with E-state index in [1.807, 2.05) is 24.3 Å². The van der Waals surface area contributed by atoms with E-state index in [1.54, 1.807) is 24.3 Å². The summed E-state index contributed by atoms with van der Waals surface area (Å²) in [7, 11) is 0. The first kappa shape index (κ1) is 18.4. The van der Waals surface area contributed by atoms with Gasteiger partial charge in [-0.15, -0.1) is 5.10 Å². The van der Waals surface area contributed by atoms with Crippen LogP contribution in [0, 0.1) is 0 Å². The largest absolute Gasteiger partial charge is 0.351 e. The summed E-state index contributed by atoms with van der Waals surface area (Å²) >= 11 is 6.00. The highest BCUT2D eigenvalue weighted by Crippen LogP contribution is 2.18. The van der Waals surface area contributed by atoms with Crippen molar-refractivity contribution in [1.82, 2.24) is 19.2 Å². The number of unbranched alkanes of at least 4 members (excludes halogenated alkanes) is 1. The number of para-hydroxylation sites is 1. The maximum absolute atomic E-state index is 13.1. The van der Waals surface area contributed by atoms with Crippen molar-refractivity contribution in [3.8, 4) is 0 Å². The van der Waals surface area contributed by atoms with Crippen molar-refractivity contribution in [3.63, 3.8) is 0 Å². The van der Waals surface area contributed by atoms with Crippen LogP contribution in [0.4, 0.5) is 0 Å². The molecule has 0 N–H and O–H groups in total. The third-order valence-corrected chi connectivity index (χ3v) is 4.94. The van der Waals surface area contributed by atoms with Gasteiger partial charge >= 0.3 is 5.69 Å². The van der Waals surface area contributed by atoms with Crippen LogP contribution in [0.2, 0.25) is 5.02 Å². The van der Waals surface area contributed by atoms with Crippen molar-refractivity contribution in [1.29, 1.82) is 0 Å². The molecule has 142 valence electrons. The van der Waals surface area contributed by atoms with Crippen molar-refractivity contribution in [3.05, 3.63) is 75.4 Å². The molecule has 0 radical (unpaired) electrons. The molecule has 7 heteroatoms. The summed E-state index contributed by atoms with van der Waals surface area (Å²) in [5.74, 6) is 0.448. The molecule has 2 aromatic carbocycles. The standard InChI is InChI=1S/C21H19ClN4O2/c1-2-3-11-19-23-20-16-9-4-5-10-17(16)25(21(28)26(20)24-19)13-18(27)14-7-6-8-15(22)12-14/h4-10,12H,2-3,11,13H2,1H3. The molecule has 0 unspecified atom stereocenters. The molecule has 4 aromatic rings. The van der Waals surface area contributed by atoms with Gasteiger partial charge in [-0.05, 0) is 30.7 Å². The molecule has 0 bridgehead atoms. The minimum absolute atomic E-state index is 0.0974. The quantitative estimate of drug-likeness (QED) is 0.465.